The lowest BCUT2D eigenvalue weighted by atomic mass is 9.78. The van der Waals surface area contributed by atoms with E-state index in [1.54, 1.807) is 17.3 Å². The van der Waals surface area contributed by atoms with Crippen molar-refractivity contribution in [3.8, 4) is 11.1 Å². The molecule has 0 spiro atoms. The van der Waals surface area contributed by atoms with Crippen LogP contribution in [0.2, 0.25) is 5.02 Å². The van der Waals surface area contributed by atoms with Crippen LogP contribution in [0.1, 0.15) is 18.1 Å². The summed E-state index contributed by atoms with van der Waals surface area (Å²) in [4.78, 5) is 32.1. The van der Waals surface area contributed by atoms with Crippen LogP contribution in [0.15, 0.2) is 73.6 Å². The summed E-state index contributed by atoms with van der Waals surface area (Å²) in [7, 11) is 0. The minimum Gasteiger partial charge on any atom is -0.382 e. The second-order valence-electron chi connectivity index (χ2n) is 7.94. The first kappa shape index (κ1) is 20.1. The molecule has 3 heterocycles. The number of carbonyl (C=O) groups is 1. The Bertz CT molecular complexity index is 1310. The standard InChI is InChI=1S/C24H19ClN6O/c1-24(9-15-10-27-14-28-11-15)19-8-17(16-3-2-4-18(25)7-16)5-6-20(19)31(23(24)32)22-13-29-21(26)12-30-22/h2-8,10-14H,9H2,1H3,(H2,26,29). The number of benzene rings is 2. The van der Waals surface area contributed by atoms with Gasteiger partial charge in [0, 0.05) is 17.4 Å². The summed E-state index contributed by atoms with van der Waals surface area (Å²) >= 11 is 6.21. The van der Waals surface area contributed by atoms with E-state index >= 15 is 0 Å². The summed E-state index contributed by atoms with van der Waals surface area (Å²) in [6.07, 6.45) is 8.35. The zero-order chi connectivity index (χ0) is 22.3. The Morgan fingerprint density at radius 2 is 1.78 bits per heavy atom. The first-order valence-corrected chi connectivity index (χ1v) is 10.4. The number of rotatable bonds is 4. The predicted molar refractivity (Wildman–Crippen MR) is 124 cm³/mol. The number of halogens is 1. The SMILES string of the molecule is CC1(Cc2cncnc2)C(=O)N(c2cnc(N)cn2)c2ccc(-c3cccc(Cl)c3)cc21. The molecular weight excluding hydrogens is 424 g/mol. The Labute approximate surface area is 189 Å². The van der Waals surface area contributed by atoms with Gasteiger partial charge in [-0.2, -0.15) is 0 Å². The van der Waals surface area contributed by atoms with Crippen LogP contribution < -0.4 is 10.6 Å². The molecule has 158 valence electrons. The Kier molecular flexibility index (Phi) is 4.83. The maximum atomic E-state index is 13.8. The van der Waals surface area contributed by atoms with Gasteiger partial charge in [0.15, 0.2) is 5.82 Å². The van der Waals surface area contributed by atoms with E-state index in [0.29, 0.717) is 23.1 Å². The summed E-state index contributed by atoms with van der Waals surface area (Å²) in [5, 5.41) is 0.655. The summed E-state index contributed by atoms with van der Waals surface area (Å²) < 4.78 is 0. The van der Waals surface area contributed by atoms with Crippen molar-refractivity contribution in [3.05, 3.63) is 89.7 Å². The molecule has 0 saturated heterocycles. The number of amides is 1. The van der Waals surface area contributed by atoms with Crippen LogP contribution >= 0.6 is 11.6 Å². The number of anilines is 3. The van der Waals surface area contributed by atoms with Gasteiger partial charge in [0.25, 0.3) is 0 Å². The quantitative estimate of drug-likeness (QED) is 0.504. The van der Waals surface area contributed by atoms with E-state index in [1.165, 1.54) is 18.7 Å². The minimum absolute atomic E-state index is 0.0985. The molecule has 2 N–H and O–H groups in total. The maximum absolute atomic E-state index is 13.8. The molecule has 5 rings (SSSR count). The van der Waals surface area contributed by atoms with Gasteiger partial charge in [-0.15, -0.1) is 0 Å². The van der Waals surface area contributed by atoms with Gasteiger partial charge >= 0.3 is 0 Å². The fraction of sp³-hybridized carbons (Fsp3) is 0.125. The molecule has 0 saturated carbocycles. The maximum Gasteiger partial charge on any atom is 0.243 e. The summed E-state index contributed by atoms with van der Waals surface area (Å²) in [5.74, 6) is 0.619. The van der Waals surface area contributed by atoms with Gasteiger partial charge in [-0.25, -0.2) is 19.9 Å². The van der Waals surface area contributed by atoms with Gasteiger partial charge in [-0.05, 0) is 59.9 Å². The van der Waals surface area contributed by atoms with Crippen molar-refractivity contribution in [3.63, 3.8) is 0 Å². The second kappa shape index (κ2) is 7.69. The smallest absolute Gasteiger partial charge is 0.243 e. The normalized spacial score (nSPS) is 17.4. The lowest BCUT2D eigenvalue weighted by molar-refractivity contribution is -0.122. The highest BCUT2D eigenvalue weighted by Gasteiger charge is 2.48. The van der Waals surface area contributed by atoms with Gasteiger partial charge in [0.2, 0.25) is 5.91 Å². The zero-order valence-corrected chi connectivity index (χ0v) is 18.0. The number of nitrogen functional groups attached to an aromatic ring is 1. The van der Waals surface area contributed by atoms with Crippen molar-refractivity contribution in [1.82, 2.24) is 19.9 Å². The summed E-state index contributed by atoms with van der Waals surface area (Å²) in [6, 6.07) is 13.6. The summed E-state index contributed by atoms with van der Waals surface area (Å²) in [5.41, 5.74) is 9.33. The third kappa shape index (κ3) is 3.36. The average molecular weight is 443 g/mol. The first-order chi connectivity index (χ1) is 15.5. The van der Waals surface area contributed by atoms with E-state index in [2.05, 4.69) is 19.9 Å². The number of aromatic nitrogens is 4. The van der Waals surface area contributed by atoms with Gasteiger partial charge in [0.05, 0.1) is 23.5 Å². The van der Waals surface area contributed by atoms with E-state index in [0.717, 1.165) is 27.9 Å². The van der Waals surface area contributed by atoms with Crippen molar-refractivity contribution in [2.45, 2.75) is 18.8 Å². The largest absolute Gasteiger partial charge is 0.382 e. The molecule has 0 radical (unpaired) electrons. The van der Waals surface area contributed by atoms with Crippen LogP contribution in [0.4, 0.5) is 17.3 Å². The number of hydrogen-bond donors (Lipinski definition) is 1. The van der Waals surface area contributed by atoms with Crippen molar-refractivity contribution >= 4 is 34.8 Å². The molecule has 4 aromatic rings. The van der Waals surface area contributed by atoms with Gasteiger partial charge < -0.3 is 5.73 Å². The topological polar surface area (TPSA) is 97.9 Å². The fourth-order valence-corrected chi connectivity index (χ4v) is 4.36. The van der Waals surface area contributed by atoms with Crippen molar-refractivity contribution in [2.75, 3.05) is 10.6 Å². The molecule has 1 atom stereocenters. The number of nitrogens with zero attached hydrogens (tertiary/aromatic N) is 5. The van der Waals surface area contributed by atoms with E-state index in [4.69, 9.17) is 17.3 Å². The zero-order valence-electron chi connectivity index (χ0n) is 17.2. The van der Waals surface area contributed by atoms with Crippen LogP contribution in [0.3, 0.4) is 0 Å². The van der Waals surface area contributed by atoms with E-state index in [-0.39, 0.29) is 5.91 Å². The number of carbonyl (C=O) groups excluding carboxylic acids is 1. The Hall–Kier alpha value is -3.84. The Morgan fingerprint density at radius 1 is 1.00 bits per heavy atom. The van der Waals surface area contributed by atoms with Crippen LogP contribution in [-0.4, -0.2) is 25.8 Å². The molecule has 7 nitrogen and oxygen atoms in total. The lowest BCUT2D eigenvalue weighted by Crippen LogP contribution is -2.38. The van der Waals surface area contributed by atoms with Crippen LogP contribution in [0.25, 0.3) is 11.1 Å². The molecule has 2 aromatic heterocycles. The molecule has 1 aliphatic heterocycles. The van der Waals surface area contributed by atoms with Gasteiger partial charge in [0.1, 0.15) is 12.1 Å². The third-order valence-electron chi connectivity index (χ3n) is 5.72. The number of hydrogen-bond acceptors (Lipinski definition) is 6. The highest BCUT2D eigenvalue weighted by Crippen LogP contribution is 2.48. The monoisotopic (exact) mass is 442 g/mol. The summed E-state index contributed by atoms with van der Waals surface area (Å²) in [6.45, 7) is 1.94. The Balaban J connectivity index is 1.67. The molecule has 8 heteroatoms. The van der Waals surface area contributed by atoms with E-state index < -0.39 is 5.41 Å². The second-order valence-corrected chi connectivity index (χ2v) is 8.37. The lowest BCUT2D eigenvalue weighted by Gasteiger charge is -2.24. The molecule has 0 aliphatic carbocycles. The molecule has 0 bridgehead atoms. The highest BCUT2D eigenvalue weighted by molar-refractivity contribution is 6.30. The Morgan fingerprint density at radius 3 is 2.50 bits per heavy atom. The average Bonchev–Trinajstić information content (AvgIpc) is 3.01. The van der Waals surface area contributed by atoms with Crippen LogP contribution in [0, 0.1) is 0 Å². The fourth-order valence-electron chi connectivity index (χ4n) is 4.17. The molecule has 2 aromatic carbocycles. The molecule has 1 amide bonds. The third-order valence-corrected chi connectivity index (χ3v) is 5.96. The van der Waals surface area contributed by atoms with E-state index in [1.807, 2.05) is 49.4 Å². The number of nitrogens with two attached hydrogens (primary N) is 1. The van der Waals surface area contributed by atoms with Gasteiger partial charge in [-0.1, -0.05) is 29.8 Å². The molecule has 1 unspecified atom stereocenters. The molecule has 1 aliphatic rings. The van der Waals surface area contributed by atoms with E-state index in [9.17, 15) is 4.79 Å². The molecule has 32 heavy (non-hydrogen) atoms. The number of fused-ring (bicyclic) bond motifs is 1. The van der Waals surface area contributed by atoms with Crippen LogP contribution in [-0.2, 0) is 16.6 Å². The highest BCUT2D eigenvalue weighted by atomic mass is 35.5. The molecular formula is C24H19ClN6O. The minimum atomic E-state index is -0.850. The first-order valence-electron chi connectivity index (χ1n) is 10.0. The van der Waals surface area contributed by atoms with Crippen LogP contribution in [0.5, 0.6) is 0 Å². The van der Waals surface area contributed by atoms with Crippen molar-refractivity contribution in [2.24, 2.45) is 0 Å². The van der Waals surface area contributed by atoms with Crippen molar-refractivity contribution < 1.29 is 4.79 Å². The van der Waals surface area contributed by atoms with Gasteiger partial charge in [-0.3, -0.25) is 9.69 Å². The molecule has 0 fully saturated rings. The predicted octanol–water partition coefficient (Wildman–Crippen LogP) is 4.35. The van der Waals surface area contributed by atoms with Crippen molar-refractivity contribution in [1.29, 1.82) is 0 Å².